The second-order valence-corrected chi connectivity index (χ2v) is 7.81. The Labute approximate surface area is 162 Å². The lowest BCUT2D eigenvalue weighted by atomic mass is 10.2. The monoisotopic (exact) mass is 417 g/mol. The molecule has 0 aromatic heterocycles. The van der Waals surface area contributed by atoms with Crippen molar-refractivity contribution < 1.29 is 31.1 Å². The minimum atomic E-state index is -4.52. The summed E-state index contributed by atoms with van der Waals surface area (Å²) in [5.74, 6) is 1.02. The SMILES string of the molecule is CCOc1ccc(CN(CC)S(=O)(=O)c2ccc(C(F)(F)F)cc2)cc1OC. The lowest BCUT2D eigenvalue weighted by molar-refractivity contribution is -0.137. The molecule has 28 heavy (non-hydrogen) atoms. The lowest BCUT2D eigenvalue weighted by Crippen LogP contribution is -2.30. The molecule has 0 unspecified atom stereocenters. The maximum Gasteiger partial charge on any atom is 0.416 e. The summed E-state index contributed by atoms with van der Waals surface area (Å²) in [4.78, 5) is -0.194. The molecular formula is C19H22F3NO4S. The van der Waals surface area contributed by atoms with Crippen molar-refractivity contribution in [2.75, 3.05) is 20.3 Å². The average molecular weight is 417 g/mol. The number of methoxy groups -OCH3 is 1. The molecule has 0 atom stereocenters. The third-order valence-corrected chi connectivity index (χ3v) is 5.99. The van der Waals surface area contributed by atoms with Gasteiger partial charge in [0.2, 0.25) is 10.0 Å². The molecule has 0 spiro atoms. The highest BCUT2D eigenvalue weighted by Crippen LogP contribution is 2.31. The molecule has 9 heteroatoms. The molecule has 2 rings (SSSR count). The zero-order valence-corrected chi connectivity index (χ0v) is 16.6. The number of halogens is 3. The predicted molar refractivity (Wildman–Crippen MR) is 98.9 cm³/mol. The molecule has 0 aliphatic carbocycles. The number of sulfonamides is 1. The molecule has 0 N–H and O–H groups in total. The van der Waals surface area contributed by atoms with Gasteiger partial charge in [-0.15, -0.1) is 0 Å². The fraction of sp³-hybridized carbons (Fsp3) is 0.368. The van der Waals surface area contributed by atoms with Gasteiger partial charge in [-0.05, 0) is 48.9 Å². The van der Waals surface area contributed by atoms with Crippen LogP contribution in [0.3, 0.4) is 0 Å². The van der Waals surface area contributed by atoms with E-state index < -0.39 is 21.8 Å². The number of ether oxygens (including phenoxy) is 2. The minimum Gasteiger partial charge on any atom is -0.493 e. The van der Waals surface area contributed by atoms with Gasteiger partial charge in [0.1, 0.15) is 0 Å². The van der Waals surface area contributed by atoms with Crippen molar-refractivity contribution >= 4 is 10.0 Å². The van der Waals surface area contributed by atoms with Crippen molar-refractivity contribution in [2.24, 2.45) is 0 Å². The Morgan fingerprint density at radius 3 is 2.14 bits per heavy atom. The van der Waals surface area contributed by atoms with E-state index in [2.05, 4.69) is 0 Å². The Kier molecular flexibility index (Phi) is 6.95. The van der Waals surface area contributed by atoms with E-state index in [1.54, 1.807) is 25.1 Å². The van der Waals surface area contributed by atoms with E-state index >= 15 is 0 Å². The summed E-state index contributed by atoms with van der Waals surface area (Å²) in [5.41, 5.74) is -0.233. The summed E-state index contributed by atoms with van der Waals surface area (Å²) in [6.45, 7) is 4.15. The third kappa shape index (κ3) is 4.96. The van der Waals surface area contributed by atoms with Crippen LogP contribution in [0.4, 0.5) is 13.2 Å². The van der Waals surface area contributed by atoms with E-state index in [-0.39, 0.29) is 18.0 Å². The van der Waals surface area contributed by atoms with E-state index in [1.165, 1.54) is 11.4 Å². The van der Waals surface area contributed by atoms with Crippen LogP contribution in [-0.4, -0.2) is 33.0 Å². The maximum atomic E-state index is 12.8. The van der Waals surface area contributed by atoms with Crippen LogP contribution >= 0.6 is 0 Å². The van der Waals surface area contributed by atoms with Gasteiger partial charge in [-0.25, -0.2) is 8.42 Å². The molecule has 2 aromatic rings. The van der Waals surface area contributed by atoms with Crippen molar-refractivity contribution in [1.82, 2.24) is 4.31 Å². The van der Waals surface area contributed by atoms with E-state index in [9.17, 15) is 21.6 Å². The Morgan fingerprint density at radius 1 is 1.00 bits per heavy atom. The van der Waals surface area contributed by atoms with Crippen LogP contribution in [0, 0.1) is 0 Å². The first-order valence-electron chi connectivity index (χ1n) is 8.60. The first kappa shape index (κ1) is 22.0. The summed E-state index contributed by atoms with van der Waals surface area (Å²) < 4.78 is 75.7. The number of nitrogens with zero attached hydrogens (tertiary/aromatic N) is 1. The molecule has 0 aliphatic heterocycles. The van der Waals surface area contributed by atoms with Crippen LogP contribution in [0.2, 0.25) is 0 Å². The summed E-state index contributed by atoms with van der Waals surface area (Å²) >= 11 is 0. The van der Waals surface area contributed by atoms with Crippen LogP contribution in [0.1, 0.15) is 25.0 Å². The number of alkyl halides is 3. The van der Waals surface area contributed by atoms with Crippen LogP contribution in [0.25, 0.3) is 0 Å². The van der Waals surface area contributed by atoms with Crippen molar-refractivity contribution in [3.8, 4) is 11.5 Å². The van der Waals surface area contributed by atoms with Crippen molar-refractivity contribution in [3.05, 3.63) is 53.6 Å². The van der Waals surface area contributed by atoms with E-state index in [0.717, 1.165) is 24.3 Å². The predicted octanol–water partition coefficient (Wildman–Crippen LogP) is 4.32. The van der Waals surface area contributed by atoms with Crippen LogP contribution < -0.4 is 9.47 Å². The maximum absolute atomic E-state index is 12.8. The number of rotatable bonds is 8. The van der Waals surface area contributed by atoms with E-state index in [4.69, 9.17) is 9.47 Å². The van der Waals surface area contributed by atoms with Gasteiger partial charge in [-0.2, -0.15) is 17.5 Å². The zero-order chi connectivity index (χ0) is 20.9. The molecule has 0 radical (unpaired) electrons. The second kappa shape index (κ2) is 8.83. The van der Waals surface area contributed by atoms with Crippen LogP contribution in [0.15, 0.2) is 47.4 Å². The summed E-state index contributed by atoms with van der Waals surface area (Å²) in [6, 6.07) is 8.56. The van der Waals surface area contributed by atoms with Gasteiger partial charge in [-0.1, -0.05) is 13.0 Å². The van der Waals surface area contributed by atoms with Gasteiger partial charge in [-0.3, -0.25) is 0 Å². The zero-order valence-electron chi connectivity index (χ0n) is 15.8. The van der Waals surface area contributed by atoms with Crippen molar-refractivity contribution in [1.29, 1.82) is 0 Å². The largest absolute Gasteiger partial charge is 0.493 e. The highest BCUT2D eigenvalue weighted by atomic mass is 32.2. The quantitative estimate of drug-likeness (QED) is 0.642. The van der Waals surface area contributed by atoms with Gasteiger partial charge in [0.25, 0.3) is 0 Å². The highest BCUT2D eigenvalue weighted by Gasteiger charge is 2.31. The first-order valence-corrected chi connectivity index (χ1v) is 10.0. The highest BCUT2D eigenvalue weighted by molar-refractivity contribution is 7.89. The average Bonchev–Trinajstić information content (AvgIpc) is 2.66. The number of hydrogen-bond donors (Lipinski definition) is 0. The third-order valence-electron chi connectivity index (χ3n) is 4.06. The normalized spacial score (nSPS) is 12.2. The van der Waals surface area contributed by atoms with Crippen LogP contribution in [0.5, 0.6) is 11.5 Å². The van der Waals surface area contributed by atoms with Crippen molar-refractivity contribution in [3.63, 3.8) is 0 Å². The Bertz CT molecular complexity index is 896. The first-order chi connectivity index (χ1) is 13.1. The molecular weight excluding hydrogens is 395 g/mol. The lowest BCUT2D eigenvalue weighted by Gasteiger charge is -2.21. The number of hydrogen-bond acceptors (Lipinski definition) is 4. The number of benzene rings is 2. The van der Waals surface area contributed by atoms with Gasteiger partial charge >= 0.3 is 6.18 Å². The molecule has 0 heterocycles. The molecule has 0 amide bonds. The van der Waals surface area contributed by atoms with Crippen LogP contribution in [-0.2, 0) is 22.7 Å². The summed E-state index contributed by atoms with van der Waals surface area (Å²) in [5, 5.41) is 0. The Balaban J connectivity index is 2.29. The molecule has 0 bridgehead atoms. The second-order valence-electron chi connectivity index (χ2n) is 5.87. The smallest absolute Gasteiger partial charge is 0.416 e. The topological polar surface area (TPSA) is 55.8 Å². The Morgan fingerprint density at radius 2 is 1.64 bits per heavy atom. The fourth-order valence-electron chi connectivity index (χ4n) is 2.62. The van der Waals surface area contributed by atoms with Crippen molar-refractivity contribution in [2.45, 2.75) is 31.5 Å². The van der Waals surface area contributed by atoms with Gasteiger partial charge < -0.3 is 9.47 Å². The molecule has 5 nitrogen and oxygen atoms in total. The molecule has 154 valence electrons. The van der Waals surface area contributed by atoms with E-state index in [0.29, 0.717) is 23.7 Å². The molecule has 2 aromatic carbocycles. The van der Waals surface area contributed by atoms with Gasteiger partial charge in [0, 0.05) is 13.1 Å². The molecule has 0 saturated carbocycles. The van der Waals surface area contributed by atoms with Gasteiger partial charge in [0.05, 0.1) is 24.2 Å². The molecule has 0 aliphatic rings. The summed E-state index contributed by atoms with van der Waals surface area (Å²) in [6.07, 6.45) is -4.52. The molecule has 0 fully saturated rings. The van der Waals surface area contributed by atoms with E-state index in [1.807, 2.05) is 6.92 Å². The standard InChI is InChI=1S/C19H22F3NO4S/c1-4-23(13-14-6-11-17(27-5-2)18(12-14)26-3)28(24,25)16-9-7-15(8-10-16)19(20,21)22/h6-12H,4-5,13H2,1-3H3. The fourth-order valence-corrected chi connectivity index (χ4v) is 4.06. The van der Waals surface area contributed by atoms with Gasteiger partial charge in [0.15, 0.2) is 11.5 Å². The molecule has 0 saturated heterocycles. The Hall–Kier alpha value is -2.26. The minimum absolute atomic E-state index is 0.0443. The summed E-state index contributed by atoms with van der Waals surface area (Å²) in [7, 11) is -2.47.